The van der Waals surface area contributed by atoms with Gasteiger partial charge in [0.25, 0.3) is 0 Å². The standard InChI is InChI=1S/C14H19N3O4/c1-19-9-3-8-17-13(15-16-14(17)18)10-21-12-6-4-11(20-2)5-7-12/h4-7H,3,8-10H2,1-2H3,(H,16,18). The highest BCUT2D eigenvalue weighted by atomic mass is 16.5. The second kappa shape index (κ2) is 7.49. The molecule has 0 saturated carbocycles. The molecular weight excluding hydrogens is 274 g/mol. The molecule has 1 N–H and O–H groups in total. The lowest BCUT2D eigenvalue weighted by molar-refractivity contribution is 0.188. The maximum absolute atomic E-state index is 11.7. The number of ether oxygens (including phenoxy) is 3. The van der Waals surface area contributed by atoms with Crippen molar-refractivity contribution in [3.05, 3.63) is 40.6 Å². The molecule has 1 aromatic carbocycles. The van der Waals surface area contributed by atoms with Crippen LogP contribution in [0.4, 0.5) is 0 Å². The van der Waals surface area contributed by atoms with Crippen molar-refractivity contribution in [1.29, 1.82) is 0 Å². The topological polar surface area (TPSA) is 78.4 Å². The summed E-state index contributed by atoms with van der Waals surface area (Å²) in [5, 5.41) is 6.41. The Labute approximate surface area is 122 Å². The third kappa shape index (κ3) is 4.09. The van der Waals surface area contributed by atoms with Gasteiger partial charge in [-0.15, -0.1) is 0 Å². The van der Waals surface area contributed by atoms with E-state index in [1.807, 2.05) is 12.1 Å². The Kier molecular flexibility index (Phi) is 5.39. The van der Waals surface area contributed by atoms with Crippen molar-refractivity contribution in [3.8, 4) is 11.5 Å². The Bertz CT molecular complexity index is 603. The van der Waals surface area contributed by atoms with Crippen molar-refractivity contribution in [1.82, 2.24) is 14.8 Å². The van der Waals surface area contributed by atoms with Crippen LogP contribution in [0, 0.1) is 0 Å². The number of methoxy groups -OCH3 is 2. The molecule has 7 nitrogen and oxygen atoms in total. The summed E-state index contributed by atoms with van der Waals surface area (Å²) in [5.41, 5.74) is -0.237. The molecule has 0 aliphatic heterocycles. The fourth-order valence-corrected chi connectivity index (χ4v) is 1.88. The number of nitrogens with one attached hydrogen (secondary N) is 1. The SMILES string of the molecule is COCCCn1c(COc2ccc(OC)cc2)n[nH]c1=O. The van der Waals surface area contributed by atoms with E-state index in [0.29, 0.717) is 24.7 Å². The molecule has 0 amide bonds. The second-order valence-corrected chi connectivity index (χ2v) is 4.41. The number of aromatic nitrogens is 3. The summed E-state index contributed by atoms with van der Waals surface area (Å²) in [7, 11) is 3.24. The number of benzene rings is 1. The van der Waals surface area contributed by atoms with Gasteiger partial charge in [0.1, 0.15) is 18.1 Å². The number of nitrogens with zero attached hydrogens (tertiary/aromatic N) is 2. The van der Waals surface area contributed by atoms with Crippen LogP contribution in [-0.4, -0.2) is 35.6 Å². The summed E-state index contributed by atoms with van der Waals surface area (Å²) in [4.78, 5) is 11.7. The van der Waals surface area contributed by atoms with Crippen molar-refractivity contribution < 1.29 is 14.2 Å². The molecule has 2 aromatic rings. The number of hydrogen-bond donors (Lipinski definition) is 1. The van der Waals surface area contributed by atoms with Crippen molar-refractivity contribution >= 4 is 0 Å². The van der Waals surface area contributed by atoms with Crippen LogP contribution >= 0.6 is 0 Å². The largest absolute Gasteiger partial charge is 0.497 e. The molecule has 0 spiro atoms. The van der Waals surface area contributed by atoms with Gasteiger partial charge in [0.2, 0.25) is 0 Å². The number of rotatable bonds is 8. The summed E-state index contributed by atoms with van der Waals surface area (Å²) in [6.45, 7) is 1.36. The summed E-state index contributed by atoms with van der Waals surface area (Å²) in [6.07, 6.45) is 0.742. The molecule has 0 aliphatic rings. The van der Waals surface area contributed by atoms with Crippen LogP contribution in [0.1, 0.15) is 12.2 Å². The van der Waals surface area contributed by atoms with Gasteiger partial charge in [-0.3, -0.25) is 4.57 Å². The van der Waals surface area contributed by atoms with Crippen molar-refractivity contribution in [2.75, 3.05) is 20.8 Å². The van der Waals surface area contributed by atoms with Gasteiger partial charge in [-0.1, -0.05) is 0 Å². The van der Waals surface area contributed by atoms with Gasteiger partial charge >= 0.3 is 5.69 Å². The lowest BCUT2D eigenvalue weighted by Crippen LogP contribution is -2.20. The van der Waals surface area contributed by atoms with E-state index in [1.165, 1.54) is 0 Å². The van der Waals surface area contributed by atoms with E-state index in [4.69, 9.17) is 14.2 Å². The van der Waals surface area contributed by atoms with Gasteiger partial charge < -0.3 is 14.2 Å². The minimum Gasteiger partial charge on any atom is -0.497 e. The Morgan fingerprint density at radius 2 is 1.90 bits per heavy atom. The third-order valence-electron chi connectivity index (χ3n) is 2.99. The molecule has 1 aromatic heterocycles. The minimum absolute atomic E-state index is 0.220. The summed E-state index contributed by atoms with van der Waals surface area (Å²) >= 11 is 0. The molecule has 0 bridgehead atoms. The molecule has 2 rings (SSSR count). The van der Waals surface area contributed by atoms with Crippen LogP contribution in [0.25, 0.3) is 0 Å². The molecule has 0 saturated heterocycles. The van der Waals surface area contributed by atoms with E-state index in [2.05, 4.69) is 10.2 Å². The van der Waals surface area contributed by atoms with Crippen LogP contribution in [0.2, 0.25) is 0 Å². The zero-order chi connectivity index (χ0) is 15.1. The Morgan fingerprint density at radius 3 is 2.57 bits per heavy atom. The first-order valence-electron chi connectivity index (χ1n) is 6.64. The number of aromatic amines is 1. The first kappa shape index (κ1) is 15.1. The van der Waals surface area contributed by atoms with Gasteiger partial charge in [0.05, 0.1) is 7.11 Å². The average Bonchev–Trinajstić information content (AvgIpc) is 2.87. The van der Waals surface area contributed by atoms with Gasteiger partial charge in [-0.2, -0.15) is 5.10 Å². The number of hydrogen-bond acceptors (Lipinski definition) is 5. The molecular formula is C14H19N3O4. The van der Waals surface area contributed by atoms with Crippen LogP contribution in [-0.2, 0) is 17.9 Å². The molecule has 0 aliphatic carbocycles. The molecule has 0 unspecified atom stereocenters. The Morgan fingerprint density at radius 1 is 1.19 bits per heavy atom. The van der Waals surface area contributed by atoms with Gasteiger partial charge in [-0.25, -0.2) is 9.89 Å². The van der Waals surface area contributed by atoms with Crippen molar-refractivity contribution in [3.63, 3.8) is 0 Å². The average molecular weight is 293 g/mol. The van der Waals surface area contributed by atoms with E-state index in [9.17, 15) is 4.79 Å². The van der Waals surface area contributed by atoms with Crippen LogP contribution < -0.4 is 15.2 Å². The summed E-state index contributed by atoms with van der Waals surface area (Å²) in [5.74, 6) is 2.01. The lowest BCUT2D eigenvalue weighted by atomic mass is 10.3. The predicted molar refractivity (Wildman–Crippen MR) is 76.7 cm³/mol. The van der Waals surface area contributed by atoms with E-state index in [1.54, 1.807) is 30.9 Å². The smallest absolute Gasteiger partial charge is 0.343 e. The molecule has 0 radical (unpaired) electrons. The fraction of sp³-hybridized carbons (Fsp3) is 0.429. The van der Waals surface area contributed by atoms with E-state index >= 15 is 0 Å². The zero-order valence-corrected chi connectivity index (χ0v) is 12.2. The first-order valence-corrected chi connectivity index (χ1v) is 6.64. The fourth-order valence-electron chi connectivity index (χ4n) is 1.88. The normalized spacial score (nSPS) is 10.6. The maximum Gasteiger partial charge on any atom is 0.343 e. The maximum atomic E-state index is 11.7. The zero-order valence-electron chi connectivity index (χ0n) is 12.2. The van der Waals surface area contributed by atoms with E-state index < -0.39 is 0 Å². The second-order valence-electron chi connectivity index (χ2n) is 4.41. The summed E-state index contributed by atoms with van der Waals surface area (Å²) < 4.78 is 17.2. The molecule has 7 heteroatoms. The molecule has 114 valence electrons. The first-order chi connectivity index (χ1) is 10.2. The predicted octanol–water partition coefficient (Wildman–Crippen LogP) is 1.20. The lowest BCUT2D eigenvalue weighted by Gasteiger charge is -2.08. The molecule has 21 heavy (non-hydrogen) atoms. The van der Waals surface area contributed by atoms with E-state index in [0.717, 1.165) is 12.2 Å². The number of H-pyrrole nitrogens is 1. The van der Waals surface area contributed by atoms with Crippen LogP contribution in [0.15, 0.2) is 29.1 Å². The Balaban J connectivity index is 1.97. The van der Waals surface area contributed by atoms with Gasteiger partial charge in [0.15, 0.2) is 5.82 Å². The van der Waals surface area contributed by atoms with Crippen LogP contribution in [0.3, 0.4) is 0 Å². The quantitative estimate of drug-likeness (QED) is 0.740. The third-order valence-corrected chi connectivity index (χ3v) is 2.99. The molecule has 1 heterocycles. The summed E-state index contributed by atoms with van der Waals surface area (Å²) in [6, 6.07) is 7.23. The molecule has 0 fully saturated rings. The van der Waals surface area contributed by atoms with Crippen molar-refractivity contribution in [2.24, 2.45) is 0 Å². The highest BCUT2D eigenvalue weighted by Crippen LogP contribution is 2.17. The van der Waals surface area contributed by atoms with E-state index in [-0.39, 0.29) is 12.3 Å². The monoisotopic (exact) mass is 293 g/mol. The van der Waals surface area contributed by atoms with Crippen molar-refractivity contribution in [2.45, 2.75) is 19.6 Å². The van der Waals surface area contributed by atoms with Gasteiger partial charge in [-0.05, 0) is 30.7 Å². The van der Waals surface area contributed by atoms with Crippen LogP contribution in [0.5, 0.6) is 11.5 Å². The minimum atomic E-state index is -0.237. The highest BCUT2D eigenvalue weighted by molar-refractivity contribution is 5.31. The Hall–Kier alpha value is -2.28. The highest BCUT2D eigenvalue weighted by Gasteiger charge is 2.08. The molecule has 0 atom stereocenters. The van der Waals surface area contributed by atoms with Gasteiger partial charge in [0, 0.05) is 20.3 Å².